The average Bonchev–Trinajstić information content (AvgIpc) is 2.88. The van der Waals surface area contributed by atoms with Gasteiger partial charge in [-0.25, -0.2) is 9.97 Å². The van der Waals surface area contributed by atoms with E-state index in [-0.39, 0.29) is 0 Å². The predicted octanol–water partition coefficient (Wildman–Crippen LogP) is 5.47. The van der Waals surface area contributed by atoms with E-state index in [9.17, 15) is 0 Å². The van der Waals surface area contributed by atoms with Crippen LogP contribution in [0.15, 0.2) is 24.5 Å². The second kappa shape index (κ2) is 6.02. The molecular weight excluding hydrogens is 417 g/mol. The summed E-state index contributed by atoms with van der Waals surface area (Å²) in [6.07, 6.45) is 5.26. The lowest BCUT2D eigenvalue weighted by atomic mass is 9.89. The van der Waals surface area contributed by atoms with Crippen LogP contribution in [-0.4, -0.2) is 9.97 Å². The van der Waals surface area contributed by atoms with Crippen LogP contribution < -0.4 is 5.32 Å². The summed E-state index contributed by atoms with van der Waals surface area (Å²) in [6, 6.07) is 6.44. The van der Waals surface area contributed by atoms with E-state index in [1.54, 1.807) is 6.33 Å². The highest BCUT2D eigenvalue weighted by molar-refractivity contribution is 14.1. The fourth-order valence-electron chi connectivity index (χ4n) is 3.26. The van der Waals surface area contributed by atoms with E-state index in [1.807, 2.05) is 11.3 Å². The van der Waals surface area contributed by atoms with Crippen molar-refractivity contribution in [2.45, 2.75) is 33.1 Å². The Hall–Kier alpha value is -1.21. The molecule has 0 fully saturated rings. The zero-order valence-electron chi connectivity index (χ0n) is 13.2. The third kappa shape index (κ3) is 2.85. The van der Waals surface area contributed by atoms with Crippen molar-refractivity contribution in [3.05, 3.63) is 44.1 Å². The van der Waals surface area contributed by atoms with E-state index in [0.29, 0.717) is 0 Å². The molecule has 4 rings (SSSR count). The Balaban J connectivity index is 1.81. The zero-order valence-corrected chi connectivity index (χ0v) is 16.2. The van der Waals surface area contributed by atoms with Crippen molar-refractivity contribution in [1.29, 1.82) is 0 Å². The van der Waals surface area contributed by atoms with Gasteiger partial charge in [-0.1, -0.05) is 6.92 Å². The summed E-state index contributed by atoms with van der Waals surface area (Å²) >= 11 is 4.19. The van der Waals surface area contributed by atoms with Gasteiger partial charge in [0.05, 0.1) is 5.39 Å². The molecule has 5 heteroatoms. The maximum atomic E-state index is 4.55. The summed E-state index contributed by atoms with van der Waals surface area (Å²) in [5.41, 5.74) is 3.82. The van der Waals surface area contributed by atoms with E-state index < -0.39 is 0 Å². The molecule has 1 aliphatic rings. The highest BCUT2D eigenvalue weighted by Crippen LogP contribution is 2.40. The van der Waals surface area contributed by atoms with Gasteiger partial charge in [-0.2, -0.15) is 0 Å². The number of nitrogens with one attached hydrogen (secondary N) is 1. The largest absolute Gasteiger partial charge is 0.339 e. The molecule has 1 N–H and O–H groups in total. The normalized spacial score (nSPS) is 17.3. The molecule has 0 radical (unpaired) electrons. The average molecular weight is 435 g/mol. The van der Waals surface area contributed by atoms with Crippen molar-refractivity contribution in [3.8, 4) is 0 Å². The van der Waals surface area contributed by atoms with E-state index >= 15 is 0 Å². The highest BCUT2D eigenvalue weighted by Gasteiger charge is 2.23. The van der Waals surface area contributed by atoms with E-state index in [1.165, 1.54) is 37.8 Å². The second-order valence-corrected chi connectivity index (χ2v) is 8.67. The molecule has 0 spiro atoms. The van der Waals surface area contributed by atoms with Crippen molar-refractivity contribution in [1.82, 2.24) is 9.97 Å². The van der Waals surface area contributed by atoms with Crippen molar-refractivity contribution in [2.75, 3.05) is 5.32 Å². The Morgan fingerprint density at radius 3 is 3.00 bits per heavy atom. The fourth-order valence-corrected chi connectivity index (χ4v) is 5.26. The lowest BCUT2D eigenvalue weighted by Gasteiger charge is -2.18. The van der Waals surface area contributed by atoms with Gasteiger partial charge in [0.15, 0.2) is 0 Å². The van der Waals surface area contributed by atoms with E-state index in [2.05, 4.69) is 69.9 Å². The number of thiophene rings is 1. The monoisotopic (exact) mass is 435 g/mol. The summed E-state index contributed by atoms with van der Waals surface area (Å²) in [4.78, 5) is 11.7. The predicted molar refractivity (Wildman–Crippen MR) is 106 cm³/mol. The molecule has 0 saturated heterocycles. The number of nitrogens with zero attached hydrogens (tertiary/aromatic N) is 2. The Bertz CT molecular complexity index is 887. The molecule has 1 unspecified atom stereocenters. The van der Waals surface area contributed by atoms with Crippen LogP contribution >= 0.6 is 33.9 Å². The molecule has 3 nitrogen and oxygen atoms in total. The number of aromatic nitrogens is 2. The first kappa shape index (κ1) is 15.3. The minimum absolute atomic E-state index is 0.776. The van der Waals surface area contributed by atoms with Gasteiger partial charge in [-0.15, -0.1) is 11.3 Å². The number of benzene rings is 1. The number of fused-ring (bicyclic) bond motifs is 3. The summed E-state index contributed by atoms with van der Waals surface area (Å²) < 4.78 is 1.25. The van der Waals surface area contributed by atoms with Gasteiger partial charge < -0.3 is 5.32 Å². The molecule has 0 saturated carbocycles. The van der Waals surface area contributed by atoms with Crippen LogP contribution in [0.3, 0.4) is 0 Å². The first-order chi connectivity index (χ1) is 11.1. The quantitative estimate of drug-likeness (QED) is 0.543. The third-order valence-corrected chi connectivity index (χ3v) is 6.37. The smallest absolute Gasteiger partial charge is 0.142 e. The van der Waals surface area contributed by atoms with Crippen LogP contribution in [0, 0.1) is 16.4 Å². The van der Waals surface area contributed by atoms with Crippen molar-refractivity contribution >= 4 is 55.6 Å². The molecular formula is C18H18IN3S. The molecule has 118 valence electrons. The van der Waals surface area contributed by atoms with Gasteiger partial charge in [-0.05, 0) is 84.0 Å². The van der Waals surface area contributed by atoms with Gasteiger partial charge in [0.2, 0.25) is 0 Å². The Labute approximate surface area is 153 Å². The lowest BCUT2D eigenvalue weighted by Crippen LogP contribution is -2.09. The molecule has 3 aromatic rings. The zero-order chi connectivity index (χ0) is 16.0. The second-order valence-electron chi connectivity index (χ2n) is 6.34. The number of hydrogen-bond donors (Lipinski definition) is 1. The Morgan fingerprint density at radius 1 is 1.30 bits per heavy atom. The van der Waals surface area contributed by atoms with Gasteiger partial charge in [0.25, 0.3) is 0 Å². The Morgan fingerprint density at radius 2 is 2.17 bits per heavy atom. The van der Waals surface area contributed by atoms with E-state index in [0.717, 1.165) is 28.7 Å². The number of anilines is 2. The number of aryl methyl sites for hydroxylation is 2. The fraction of sp³-hybridized carbons (Fsp3) is 0.333. The molecule has 0 amide bonds. The molecule has 23 heavy (non-hydrogen) atoms. The molecule has 1 aliphatic carbocycles. The minimum Gasteiger partial charge on any atom is -0.339 e. The number of hydrogen-bond acceptors (Lipinski definition) is 4. The minimum atomic E-state index is 0.776. The first-order valence-electron chi connectivity index (χ1n) is 7.90. The first-order valence-corrected chi connectivity index (χ1v) is 9.80. The lowest BCUT2D eigenvalue weighted by molar-refractivity contribution is 0.509. The molecule has 1 aromatic carbocycles. The molecule has 0 bridgehead atoms. The van der Waals surface area contributed by atoms with Crippen molar-refractivity contribution in [2.24, 2.45) is 5.92 Å². The maximum Gasteiger partial charge on any atom is 0.142 e. The molecule has 2 heterocycles. The Kier molecular flexibility index (Phi) is 4.01. The van der Waals surface area contributed by atoms with E-state index in [4.69, 9.17) is 0 Å². The van der Waals surface area contributed by atoms with Crippen molar-refractivity contribution < 1.29 is 0 Å². The highest BCUT2D eigenvalue weighted by atomic mass is 127. The van der Waals surface area contributed by atoms with Crippen LogP contribution in [0.25, 0.3) is 10.2 Å². The van der Waals surface area contributed by atoms with Crippen molar-refractivity contribution in [3.63, 3.8) is 0 Å². The van der Waals surface area contributed by atoms with Gasteiger partial charge >= 0.3 is 0 Å². The van der Waals surface area contributed by atoms with Gasteiger partial charge in [0, 0.05) is 14.1 Å². The molecule has 1 atom stereocenters. The van der Waals surface area contributed by atoms with Crippen LogP contribution in [0.2, 0.25) is 0 Å². The number of halogens is 1. The van der Waals surface area contributed by atoms with Crippen LogP contribution in [-0.2, 0) is 12.8 Å². The molecule has 2 aromatic heterocycles. The van der Waals surface area contributed by atoms with Crippen LogP contribution in [0.1, 0.15) is 29.3 Å². The van der Waals surface area contributed by atoms with Gasteiger partial charge in [-0.3, -0.25) is 0 Å². The third-order valence-electron chi connectivity index (χ3n) is 4.53. The van der Waals surface area contributed by atoms with Crippen LogP contribution in [0.5, 0.6) is 0 Å². The molecule has 0 aliphatic heterocycles. The summed E-state index contributed by atoms with van der Waals surface area (Å²) in [5.74, 6) is 1.73. The number of rotatable bonds is 2. The van der Waals surface area contributed by atoms with Gasteiger partial charge in [0.1, 0.15) is 17.0 Å². The SMILES string of the molecule is Cc1cc(I)ccc1Nc1ncnc2sc3c(c12)CCC(C)C3. The summed E-state index contributed by atoms with van der Waals surface area (Å²) in [6.45, 7) is 4.47. The van der Waals surface area contributed by atoms with Crippen LogP contribution in [0.4, 0.5) is 11.5 Å². The maximum absolute atomic E-state index is 4.55. The summed E-state index contributed by atoms with van der Waals surface area (Å²) in [7, 11) is 0. The standard InChI is InChI=1S/C18H18IN3S/c1-10-3-5-13-15(7-10)23-18-16(13)17(20-9-21-18)22-14-6-4-12(19)8-11(14)2/h4,6,8-10H,3,5,7H2,1-2H3,(H,20,21,22). The summed E-state index contributed by atoms with van der Waals surface area (Å²) in [5, 5.41) is 4.78. The topological polar surface area (TPSA) is 37.8 Å².